The number of rotatable bonds is 3. The number of nitrogens with zero attached hydrogens (tertiary/aromatic N) is 1. The predicted octanol–water partition coefficient (Wildman–Crippen LogP) is 1.44. The molecule has 17 heavy (non-hydrogen) atoms. The zero-order valence-corrected chi connectivity index (χ0v) is 10.4. The summed E-state index contributed by atoms with van der Waals surface area (Å²) < 4.78 is 0. The summed E-state index contributed by atoms with van der Waals surface area (Å²) in [5.41, 5.74) is 1.24. The summed E-state index contributed by atoms with van der Waals surface area (Å²) in [4.78, 5) is 14.1. The first-order valence-corrected chi connectivity index (χ1v) is 6.31. The second-order valence-corrected chi connectivity index (χ2v) is 4.63. The van der Waals surface area contributed by atoms with E-state index >= 15 is 0 Å². The summed E-state index contributed by atoms with van der Waals surface area (Å²) in [6.45, 7) is 4.78. The molecule has 2 rings (SSSR count). The van der Waals surface area contributed by atoms with Gasteiger partial charge in [0.25, 0.3) is 0 Å². The molecule has 0 radical (unpaired) electrons. The lowest BCUT2D eigenvalue weighted by Crippen LogP contribution is -2.52. The Morgan fingerprint density at radius 3 is 2.88 bits per heavy atom. The number of amides is 1. The van der Waals surface area contributed by atoms with Crippen molar-refractivity contribution in [2.75, 3.05) is 19.6 Å². The van der Waals surface area contributed by atoms with Gasteiger partial charge in [-0.15, -0.1) is 0 Å². The molecule has 1 saturated heterocycles. The number of hydrogen-bond acceptors (Lipinski definition) is 2. The normalized spacial score (nSPS) is 20.3. The summed E-state index contributed by atoms with van der Waals surface area (Å²) >= 11 is 0. The number of hydrogen-bond donors (Lipinski definition) is 1. The molecule has 1 heterocycles. The highest BCUT2D eigenvalue weighted by Gasteiger charge is 2.22. The first-order valence-electron chi connectivity index (χ1n) is 6.31. The van der Waals surface area contributed by atoms with E-state index in [0.717, 1.165) is 26.1 Å². The number of carbonyl (C=O) groups excluding carboxylic acids is 1. The molecule has 0 aliphatic carbocycles. The molecule has 3 nitrogen and oxygen atoms in total. The van der Waals surface area contributed by atoms with Gasteiger partial charge in [-0.25, -0.2) is 0 Å². The smallest absolute Gasteiger partial charge is 0.223 e. The lowest BCUT2D eigenvalue weighted by atomic mass is 10.1. The minimum atomic E-state index is 0.280. The zero-order valence-electron chi connectivity index (χ0n) is 10.4. The third-order valence-electron chi connectivity index (χ3n) is 3.29. The molecule has 0 saturated carbocycles. The van der Waals surface area contributed by atoms with Crippen LogP contribution in [-0.4, -0.2) is 36.5 Å². The highest BCUT2D eigenvalue weighted by atomic mass is 16.2. The maximum Gasteiger partial charge on any atom is 0.223 e. The molecule has 92 valence electrons. The van der Waals surface area contributed by atoms with Crippen LogP contribution in [0.2, 0.25) is 0 Å². The van der Waals surface area contributed by atoms with Crippen LogP contribution in [0.1, 0.15) is 18.9 Å². The van der Waals surface area contributed by atoms with Crippen LogP contribution in [0.15, 0.2) is 30.3 Å². The van der Waals surface area contributed by atoms with E-state index in [-0.39, 0.29) is 5.91 Å². The molecule has 1 unspecified atom stereocenters. The van der Waals surface area contributed by atoms with Gasteiger partial charge in [0.2, 0.25) is 5.91 Å². The number of piperazine rings is 1. The summed E-state index contributed by atoms with van der Waals surface area (Å²) in [5.74, 6) is 0.280. The monoisotopic (exact) mass is 232 g/mol. The van der Waals surface area contributed by atoms with Crippen molar-refractivity contribution in [1.82, 2.24) is 10.2 Å². The Morgan fingerprint density at radius 1 is 1.41 bits per heavy atom. The highest BCUT2D eigenvalue weighted by molar-refractivity contribution is 5.77. The van der Waals surface area contributed by atoms with Gasteiger partial charge in [0.15, 0.2) is 0 Å². The molecule has 1 fully saturated rings. The van der Waals surface area contributed by atoms with Crippen molar-refractivity contribution in [2.45, 2.75) is 25.8 Å². The molecule has 0 spiro atoms. The van der Waals surface area contributed by atoms with Gasteiger partial charge in [-0.2, -0.15) is 0 Å². The zero-order chi connectivity index (χ0) is 12.1. The summed E-state index contributed by atoms with van der Waals surface area (Å²) in [5, 5.41) is 3.30. The van der Waals surface area contributed by atoms with Gasteiger partial charge in [-0.05, 0) is 18.9 Å². The number of benzene rings is 1. The molecular formula is C14H20N2O. The van der Waals surface area contributed by atoms with Crippen LogP contribution in [0.4, 0.5) is 0 Å². The maximum atomic E-state index is 12.1. The third kappa shape index (κ3) is 3.30. The van der Waals surface area contributed by atoms with Crippen LogP contribution in [0.25, 0.3) is 0 Å². The van der Waals surface area contributed by atoms with E-state index in [2.05, 4.69) is 24.4 Å². The molecule has 1 aromatic rings. The largest absolute Gasteiger partial charge is 0.337 e. The first kappa shape index (κ1) is 12.1. The molecule has 0 bridgehead atoms. The van der Waals surface area contributed by atoms with Crippen molar-refractivity contribution in [3.8, 4) is 0 Å². The average molecular weight is 232 g/mol. The van der Waals surface area contributed by atoms with E-state index in [9.17, 15) is 4.79 Å². The Hall–Kier alpha value is -1.35. The van der Waals surface area contributed by atoms with Crippen molar-refractivity contribution >= 4 is 5.91 Å². The van der Waals surface area contributed by atoms with Crippen molar-refractivity contribution in [2.24, 2.45) is 0 Å². The fourth-order valence-corrected chi connectivity index (χ4v) is 2.25. The van der Waals surface area contributed by atoms with Gasteiger partial charge in [-0.3, -0.25) is 4.79 Å². The van der Waals surface area contributed by atoms with Gasteiger partial charge >= 0.3 is 0 Å². The standard InChI is InChI=1S/C14H20N2O/c1-12-11-15-9-10-16(12)14(17)8-7-13-5-3-2-4-6-13/h2-6,12,15H,7-11H2,1H3. The molecule has 1 aliphatic rings. The highest BCUT2D eigenvalue weighted by Crippen LogP contribution is 2.08. The van der Waals surface area contributed by atoms with Crippen LogP contribution < -0.4 is 5.32 Å². The summed E-state index contributed by atoms with van der Waals surface area (Å²) in [7, 11) is 0. The van der Waals surface area contributed by atoms with Crippen molar-refractivity contribution < 1.29 is 4.79 Å². The molecule has 1 aromatic carbocycles. The van der Waals surface area contributed by atoms with Gasteiger partial charge in [-0.1, -0.05) is 30.3 Å². The molecule has 1 aliphatic heterocycles. The minimum absolute atomic E-state index is 0.280. The van der Waals surface area contributed by atoms with Crippen molar-refractivity contribution in [3.63, 3.8) is 0 Å². The maximum absolute atomic E-state index is 12.1. The molecule has 1 N–H and O–H groups in total. The lowest BCUT2D eigenvalue weighted by Gasteiger charge is -2.34. The van der Waals surface area contributed by atoms with Gasteiger partial charge < -0.3 is 10.2 Å². The van der Waals surface area contributed by atoms with E-state index in [1.807, 2.05) is 23.1 Å². The van der Waals surface area contributed by atoms with Gasteiger partial charge in [0.1, 0.15) is 0 Å². The molecule has 3 heteroatoms. The van der Waals surface area contributed by atoms with Crippen LogP contribution >= 0.6 is 0 Å². The first-order chi connectivity index (χ1) is 8.27. The quantitative estimate of drug-likeness (QED) is 0.855. The SMILES string of the molecule is CC1CNCCN1C(=O)CCc1ccccc1. The van der Waals surface area contributed by atoms with E-state index in [1.165, 1.54) is 5.56 Å². The molecule has 1 atom stereocenters. The van der Waals surface area contributed by atoms with E-state index in [4.69, 9.17) is 0 Å². The van der Waals surface area contributed by atoms with E-state index in [0.29, 0.717) is 12.5 Å². The summed E-state index contributed by atoms with van der Waals surface area (Å²) in [6.07, 6.45) is 1.46. The molecule has 0 aromatic heterocycles. The van der Waals surface area contributed by atoms with Crippen LogP contribution in [0, 0.1) is 0 Å². The second-order valence-electron chi connectivity index (χ2n) is 4.63. The lowest BCUT2D eigenvalue weighted by molar-refractivity contribution is -0.133. The summed E-state index contributed by atoms with van der Waals surface area (Å²) in [6, 6.07) is 10.5. The second kappa shape index (κ2) is 5.82. The van der Waals surface area contributed by atoms with E-state index < -0.39 is 0 Å². The van der Waals surface area contributed by atoms with Gasteiger partial charge in [0.05, 0.1) is 0 Å². The van der Waals surface area contributed by atoms with Crippen molar-refractivity contribution in [1.29, 1.82) is 0 Å². The Morgan fingerprint density at radius 2 is 2.18 bits per heavy atom. The average Bonchev–Trinajstić information content (AvgIpc) is 2.38. The Kier molecular flexibility index (Phi) is 4.15. The molecule has 1 amide bonds. The van der Waals surface area contributed by atoms with Crippen LogP contribution in [0.5, 0.6) is 0 Å². The van der Waals surface area contributed by atoms with Crippen LogP contribution in [0.3, 0.4) is 0 Å². The van der Waals surface area contributed by atoms with Gasteiger partial charge in [0, 0.05) is 32.1 Å². The van der Waals surface area contributed by atoms with Crippen LogP contribution in [-0.2, 0) is 11.2 Å². The predicted molar refractivity (Wildman–Crippen MR) is 68.8 cm³/mol. The minimum Gasteiger partial charge on any atom is -0.337 e. The fraction of sp³-hybridized carbons (Fsp3) is 0.500. The fourth-order valence-electron chi connectivity index (χ4n) is 2.25. The van der Waals surface area contributed by atoms with Crippen molar-refractivity contribution in [3.05, 3.63) is 35.9 Å². The Bertz CT molecular complexity index is 364. The number of aryl methyl sites for hydroxylation is 1. The number of nitrogens with one attached hydrogen (secondary N) is 1. The molecular weight excluding hydrogens is 212 g/mol. The Labute approximate surface area is 103 Å². The number of carbonyl (C=O) groups is 1. The van der Waals surface area contributed by atoms with E-state index in [1.54, 1.807) is 0 Å². The Balaban J connectivity index is 1.84. The third-order valence-corrected chi connectivity index (χ3v) is 3.29. The topological polar surface area (TPSA) is 32.3 Å².